The first kappa shape index (κ1) is 27.8. The van der Waals surface area contributed by atoms with Gasteiger partial charge in [-0.1, -0.05) is 6.07 Å². The molecule has 6 N–H and O–H groups in total. The van der Waals surface area contributed by atoms with Crippen molar-refractivity contribution in [3.8, 4) is 28.4 Å². The smallest absolute Gasteiger partial charge is 0.231 e. The van der Waals surface area contributed by atoms with Crippen molar-refractivity contribution in [1.29, 1.82) is 0 Å². The van der Waals surface area contributed by atoms with E-state index in [2.05, 4.69) is 0 Å². The molecule has 14 heteroatoms. The summed E-state index contributed by atoms with van der Waals surface area (Å²) in [5, 5.41) is 61.0. The van der Waals surface area contributed by atoms with Crippen LogP contribution in [0, 0.1) is 0 Å². The number of aliphatic hydroxyl groups excluding tert-OH is 6. The molecule has 2 fully saturated rings. The molecule has 0 saturated carbocycles. The number of hydrogen-bond donors (Lipinski definition) is 6. The van der Waals surface area contributed by atoms with Gasteiger partial charge in [0.25, 0.3) is 0 Å². The molecule has 1 aromatic heterocycles. The van der Waals surface area contributed by atoms with E-state index in [1.54, 1.807) is 18.2 Å². The van der Waals surface area contributed by atoms with E-state index in [0.717, 1.165) is 0 Å². The molecule has 0 spiro atoms. The van der Waals surface area contributed by atoms with Crippen LogP contribution in [-0.4, -0.2) is 106 Å². The highest BCUT2D eigenvalue weighted by Crippen LogP contribution is 2.36. The molecule has 3 aliphatic heterocycles. The summed E-state index contributed by atoms with van der Waals surface area (Å²) in [6.07, 6.45) is -12.0. The van der Waals surface area contributed by atoms with E-state index in [1.807, 2.05) is 0 Å². The molecule has 9 atom stereocenters. The Morgan fingerprint density at radius 2 is 1.61 bits per heavy atom. The Hall–Kier alpha value is -3.31. The maximum absolute atomic E-state index is 13.2. The topological polar surface area (TPSA) is 207 Å². The lowest BCUT2D eigenvalue weighted by Crippen LogP contribution is -2.61. The maximum Gasteiger partial charge on any atom is 0.231 e. The Labute approximate surface area is 231 Å². The molecule has 0 aliphatic carbocycles. The number of hydrogen-bond acceptors (Lipinski definition) is 14. The van der Waals surface area contributed by atoms with Gasteiger partial charge in [0.1, 0.15) is 60.3 Å². The van der Waals surface area contributed by atoms with Gasteiger partial charge in [0.15, 0.2) is 23.2 Å². The van der Waals surface area contributed by atoms with Crippen molar-refractivity contribution in [2.75, 3.05) is 20.0 Å². The summed E-state index contributed by atoms with van der Waals surface area (Å²) in [4.78, 5) is 13.2. The summed E-state index contributed by atoms with van der Waals surface area (Å²) in [7, 11) is 0. The Balaban J connectivity index is 1.16. The lowest BCUT2D eigenvalue weighted by atomic mass is 9.99. The SMILES string of the molecule is O=c1c(-c2ccc3c(c2)OCO3)coc2cc(O[C@@H]3O[C@H](CO[C@@H]4OC[C@@H](O)[C@H](O)[C@H]4O)[C@@H](O)[C@H](O)[C@H]3O)ccc12. The van der Waals surface area contributed by atoms with E-state index in [9.17, 15) is 35.4 Å². The van der Waals surface area contributed by atoms with E-state index in [0.29, 0.717) is 22.6 Å². The van der Waals surface area contributed by atoms with E-state index < -0.39 is 61.9 Å². The van der Waals surface area contributed by atoms with Crippen molar-refractivity contribution in [2.24, 2.45) is 0 Å². The molecule has 0 radical (unpaired) electrons. The minimum absolute atomic E-state index is 0.101. The van der Waals surface area contributed by atoms with Crippen LogP contribution in [0.4, 0.5) is 0 Å². The molecule has 2 saturated heterocycles. The van der Waals surface area contributed by atoms with Gasteiger partial charge in [-0.05, 0) is 29.8 Å². The van der Waals surface area contributed by atoms with Crippen molar-refractivity contribution in [2.45, 2.75) is 55.3 Å². The predicted octanol–water partition coefficient (Wildman–Crippen LogP) is -1.17. The molecule has 41 heavy (non-hydrogen) atoms. The lowest BCUT2D eigenvalue weighted by molar-refractivity contribution is -0.307. The fourth-order valence-electron chi connectivity index (χ4n) is 4.85. The molecule has 3 aromatic rings. The maximum atomic E-state index is 13.2. The van der Waals surface area contributed by atoms with Crippen LogP contribution in [0.1, 0.15) is 0 Å². The summed E-state index contributed by atoms with van der Waals surface area (Å²) >= 11 is 0. The van der Waals surface area contributed by atoms with Crippen molar-refractivity contribution < 1.29 is 63.5 Å². The Morgan fingerprint density at radius 1 is 0.829 bits per heavy atom. The van der Waals surface area contributed by atoms with Crippen LogP contribution >= 0.6 is 0 Å². The van der Waals surface area contributed by atoms with Crippen LogP contribution in [0.3, 0.4) is 0 Å². The highest BCUT2D eigenvalue weighted by molar-refractivity contribution is 5.83. The van der Waals surface area contributed by atoms with E-state index in [-0.39, 0.29) is 35.5 Å². The molecule has 3 aliphatic rings. The highest BCUT2D eigenvalue weighted by atomic mass is 16.7. The zero-order valence-corrected chi connectivity index (χ0v) is 21.3. The van der Waals surface area contributed by atoms with Crippen LogP contribution in [-0.2, 0) is 14.2 Å². The standard InChI is InChI=1S/C27H28O14/c28-15-8-36-26(24(33)21(15)30)37-9-19-22(31)23(32)25(34)27(41-19)40-12-2-3-13-17(6-12)35-7-14(20(13)29)11-1-4-16-18(5-11)39-10-38-16/h1-7,15,19,21-28,30-34H,8-10H2/t15-,19-,21+,22-,23+,24-,25-,26+,27-/m1/s1. The fraction of sp³-hybridized carbons (Fsp3) is 0.444. The molecular weight excluding hydrogens is 548 g/mol. The van der Waals surface area contributed by atoms with E-state index in [1.165, 1.54) is 24.5 Å². The zero-order chi connectivity index (χ0) is 28.8. The summed E-state index contributed by atoms with van der Waals surface area (Å²) in [5.74, 6) is 1.23. The minimum atomic E-state index is -1.69. The monoisotopic (exact) mass is 576 g/mol. The van der Waals surface area contributed by atoms with Gasteiger partial charge in [-0.15, -0.1) is 0 Å². The third-order valence-electron chi connectivity index (χ3n) is 7.23. The predicted molar refractivity (Wildman–Crippen MR) is 135 cm³/mol. The van der Waals surface area contributed by atoms with Gasteiger partial charge in [-0.2, -0.15) is 0 Å². The first-order chi connectivity index (χ1) is 19.7. The molecule has 0 unspecified atom stereocenters. The average Bonchev–Trinajstić information content (AvgIpc) is 3.45. The van der Waals surface area contributed by atoms with Gasteiger partial charge in [-0.3, -0.25) is 4.79 Å². The third kappa shape index (κ3) is 5.25. The largest absolute Gasteiger partial charge is 0.463 e. The van der Waals surface area contributed by atoms with Crippen LogP contribution in [0.15, 0.2) is 51.9 Å². The molecule has 0 amide bonds. The van der Waals surface area contributed by atoms with Crippen LogP contribution < -0.4 is 19.6 Å². The third-order valence-corrected chi connectivity index (χ3v) is 7.23. The van der Waals surface area contributed by atoms with Crippen LogP contribution in [0.2, 0.25) is 0 Å². The number of benzene rings is 2. The summed E-state index contributed by atoms with van der Waals surface area (Å²) in [5.41, 5.74) is 0.782. The summed E-state index contributed by atoms with van der Waals surface area (Å²) in [6.45, 7) is -0.616. The zero-order valence-electron chi connectivity index (χ0n) is 21.3. The van der Waals surface area contributed by atoms with Crippen molar-refractivity contribution in [1.82, 2.24) is 0 Å². The van der Waals surface area contributed by atoms with Gasteiger partial charge < -0.3 is 63.5 Å². The van der Waals surface area contributed by atoms with Crippen LogP contribution in [0.5, 0.6) is 17.2 Å². The molecule has 2 aromatic carbocycles. The summed E-state index contributed by atoms with van der Waals surface area (Å²) in [6, 6.07) is 9.47. The van der Waals surface area contributed by atoms with Crippen LogP contribution in [0.25, 0.3) is 22.1 Å². The highest BCUT2D eigenvalue weighted by Gasteiger charge is 2.46. The van der Waals surface area contributed by atoms with Crippen molar-refractivity contribution in [3.63, 3.8) is 0 Å². The number of rotatable bonds is 6. The fourth-order valence-corrected chi connectivity index (χ4v) is 4.85. The first-order valence-electron chi connectivity index (χ1n) is 12.8. The minimum Gasteiger partial charge on any atom is -0.463 e. The van der Waals surface area contributed by atoms with E-state index in [4.69, 9.17) is 32.8 Å². The Morgan fingerprint density at radius 3 is 2.44 bits per heavy atom. The second kappa shape index (κ2) is 11.2. The van der Waals surface area contributed by atoms with Crippen molar-refractivity contribution in [3.05, 3.63) is 52.9 Å². The lowest BCUT2D eigenvalue weighted by Gasteiger charge is -2.41. The molecule has 220 valence electrons. The van der Waals surface area contributed by atoms with Gasteiger partial charge >= 0.3 is 0 Å². The van der Waals surface area contributed by atoms with Crippen molar-refractivity contribution >= 4 is 11.0 Å². The molecular formula is C27H28O14. The first-order valence-corrected chi connectivity index (χ1v) is 12.8. The summed E-state index contributed by atoms with van der Waals surface area (Å²) < 4.78 is 38.3. The number of aliphatic hydroxyl groups is 6. The van der Waals surface area contributed by atoms with Gasteiger partial charge in [0, 0.05) is 6.07 Å². The molecule has 0 bridgehead atoms. The number of ether oxygens (including phenoxy) is 6. The number of fused-ring (bicyclic) bond motifs is 2. The quantitative estimate of drug-likeness (QED) is 0.205. The second-order valence-corrected chi connectivity index (χ2v) is 9.92. The van der Waals surface area contributed by atoms with Gasteiger partial charge in [-0.25, -0.2) is 0 Å². The molecule has 4 heterocycles. The average molecular weight is 577 g/mol. The van der Waals surface area contributed by atoms with Gasteiger partial charge in [0.05, 0.1) is 24.2 Å². The molecule has 14 nitrogen and oxygen atoms in total. The van der Waals surface area contributed by atoms with E-state index >= 15 is 0 Å². The Bertz CT molecular complexity index is 1460. The second-order valence-electron chi connectivity index (χ2n) is 9.92. The molecule has 6 rings (SSSR count). The van der Waals surface area contributed by atoms with Gasteiger partial charge in [0.2, 0.25) is 13.1 Å². The normalized spacial score (nSPS) is 33.2. The Kier molecular flexibility index (Phi) is 7.58.